The third kappa shape index (κ3) is 3.89. The van der Waals surface area contributed by atoms with Crippen LogP contribution in [0.3, 0.4) is 0 Å². The van der Waals surface area contributed by atoms with Crippen LogP contribution in [0.25, 0.3) is 65.4 Å². The number of hydrogen-bond acceptors (Lipinski definition) is 2. The summed E-state index contributed by atoms with van der Waals surface area (Å²) in [7, 11) is 0. The van der Waals surface area contributed by atoms with Crippen molar-refractivity contribution in [1.82, 2.24) is 0 Å². The maximum atomic E-state index is 6.22. The summed E-state index contributed by atoms with van der Waals surface area (Å²) in [6.07, 6.45) is 0. The van der Waals surface area contributed by atoms with Crippen molar-refractivity contribution in [3.05, 3.63) is 164 Å². The zero-order valence-corrected chi connectivity index (χ0v) is 23.9. The highest BCUT2D eigenvalue weighted by Crippen LogP contribution is 2.42. The van der Waals surface area contributed by atoms with E-state index in [1.54, 1.807) is 0 Å². The fourth-order valence-corrected chi connectivity index (χ4v) is 6.75. The monoisotopic (exact) mass is 561 g/mol. The fraction of sp³-hybridized carbons (Fsp3) is 0. The van der Waals surface area contributed by atoms with Crippen LogP contribution in [0.4, 0.5) is 17.1 Å². The molecule has 9 aromatic rings. The van der Waals surface area contributed by atoms with Crippen molar-refractivity contribution in [3.63, 3.8) is 0 Å². The first-order chi connectivity index (χ1) is 21.8. The molecule has 0 aliphatic heterocycles. The molecule has 0 saturated heterocycles. The molecule has 0 bridgehead atoms. The molecule has 0 saturated carbocycles. The summed E-state index contributed by atoms with van der Waals surface area (Å²) in [6.45, 7) is 0. The van der Waals surface area contributed by atoms with Gasteiger partial charge in [-0.25, -0.2) is 0 Å². The quantitative estimate of drug-likeness (QED) is 0.199. The minimum absolute atomic E-state index is 0.921. The van der Waals surface area contributed by atoms with Crippen molar-refractivity contribution in [2.75, 3.05) is 4.90 Å². The Hall–Kier alpha value is -5.86. The normalized spacial score (nSPS) is 11.6. The van der Waals surface area contributed by atoms with Gasteiger partial charge in [0, 0.05) is 27.5 Å². The van der Waals surface area contributed by atoms with Crippen LogP contribution in [-0.4, -0.2) is 0 Å². The molecule has 1 heterocycles. The van der Waals surface area contributed by atoms with Gasteiger partial charge in [0.15, 0.2) is 0 Å². The van der Waals surface area contributed by atoms with E-state index in [-0.39, 0.29) is 0 Å². The standard InChI is InChI=1S/C42H27NO/c1-2-9-28(10-3-1)29-17-21-32(22-18-29)43(39-15-8-12-30-11-4-5-13-34(30)39)33-23-19-31-20-24-36-35(38(31)27-33)25-26-41-42(36)37-14-6-7-16-40(37)44-41/h1-27H. The van der Waals surface area contributed by atoms with Gasteiger partial charge in [-0.1, -0.05) is 121 Å². The number of para-hydroxylation sites is 1. The van der Waals surface area contributed by atoms with Gasteiger partial charge < -0.3 is 9.32 Å². The summed E-state index contributed by atoms with van der Waals surface area (Å²) in [4.78, 5) is 2.39. The number of fused-ring (bicyclic) bond motifs is 8. The van der Waals surface area contributed by atoms with Crippen LogP contribution in [0.5, 0.6) is 0 Å². The smallest absolute Gasteiger partial charge is 0.136 e. The molecule has 2 heteroatoms. The van der Waals surface area contributed by atoms with E-state index in [0.29, 0.717) is 0 Å². The van der Waals surface area contributed by atoms with Gasteiger partial charge in [0.1, 0.15) is 11.2 Å². The van der Waals surface area contributed by atoms with Crippen LogP contribution < -0.4 is 4.90 Å². The van der Waals surface area contributed by atoms with Gasteiger partial charge in [0.05, 0.1) is 5.69 Å². The lowest BCUT2D eigenvalue weighted by molar-refractivity contribution is 0.669. The Labute approximate surface area is 255 Å². The number of furan rings is 1. The maximum Gasteiger partial charge on any atom is 0.136 e. The number of nitrogens with zero attached hydrogens (tertiary/aromatic N) is 1. The van der Waals surface area contributed by atoms with E-state index in [2.05, 4.69) is 157 Å². The van der Waals surface area contributed by atoms with E-state index in [1.165, 1.54) is 48.8 Å². The number of anilines is 3. The molecule has 0 radical (unpaired) electrons. The Morgan fingerprint density at radius 1 is 0.364 bits per heavy atom. The Balaban J connectivity index is 1.28. The number of hydrogen-bond donors (Lipinski definition) is 0. The van der Waals surface area contributed by atoms with Crippen molar-refractivity contribution in [2.24, 2.45) is 0 Å². The van der Waals surface area contributed by atoms with Gasteiger partial charge in [-0.15, -0.1) is 0 Å². The van der Waals surface area contributed by atoms with E-state index in [9.17, 15) is 0 Å². The van der Waals surface area contributed by atoms with Crippen molar-refractivity contribution in [3.8, 4) is 11.1 Å². The summed E-state index contributed by atoms with van der Waals surface area (Å²) in [5.74, 6) is 0. The average Bonchev–Trinajstić information content (AvgIpc) is 3.48. The van der Waals surface area contributed by atoms with Gasteiger partial charge in [-0.2, -0.15) is 0 Å². The number of benzene rings is 8. The molecular formula is C42H27NO. The molecule has 0 fully saturated rings. The molecule has 0 unspecified atom stereocenters. The maximum absolute atomic E-state index is 6.22. The third-order valence-corrected chi connectivity index (χ3v) is 8.84. The summed E-state index contributed by atoms with van der Waals surface area (Å²) in [6, 6.07) is 58.6. The Morgan fingerprint density at radius 2 is 1.02 bits per heavy atom. The second kappa shape index (κ2) is 9.86. The van der Waals surface area contributed by atoms with E-state index in [1.807, 2.05) is 12.1 Å². The van der Waals surface area contributed by atoms with Gasteiger partial charge >= 0.3 is 0 Å². The first-order valence-corrected chi connectivity index (χ1v) is 15.0. The largest absolute Gasteiger partial charge is 0.456 e. The Kier molecular flexibility index (Phi) is 5.54. The highest BCUT2D eigenvalue weighted by atomic mass is 16.3. The van der Waals surface area contributed by atoms with Crippen LogP contribution in [-0.2, 0) is 0 Å². The molecule has 0 spiro atoms. The van der Waals surface area contributed by atoms with Gasteiger partial charge in [0.2, 0.25) is 0 Å². The minimum atomic E-state index is 0.921. The summed E-state index contributed by atoms with van der Waals surface area (Å²) in [5, 5.41) is 9.63. The summed E-state index contributed by atoms with van der Waals surface area (Å²) >= 11 is 0. The lowest BCUT2D eigenvalue weighted by Crippen LogP contribution is -2.10. The Bertz CT molecular complexity index is 2480. The van der Waals surface area contributed by atoms with Crippen molar-refractivity contribution in [2.45, 2.75) is 0 Å². The molecule has 0 N–H and O–H groups in total. The highest BCUT2D eigenvalue weighted by molar-refractivity contribution is 6.24. The van der Waals surface area contributed by atoms with Crippen LogP contribution in [0.2, 0.25) is 0 Å². The van der Waals surface area contributed by atoms with Crippen LogP contribution in [0.1, 0.15) is 0 Å². The molecule has 0 amide bonds. The Morgan fingerprint density at radius 3 is 1.91 bits per heavy atom. The van der Waals surface area contributed by atoms with Gasteiger partial charge in [-0.3, -0.25) is 0 Å². The van der Waals surface area contributed by atoms with Crippen LogP contribution in [0.15, 0.2) is 168 Å². The SMILES string of the molecule is c1ccc(-c2ccc(N(c3ccc4ccc5c(ccc6oc7ccccc7c65)c4c3)c3cccc4ccccc34)cc2)cc1. The van der Waals surface area contributed by atoms with Crippen molar-refractivity contribution in [1.29, 1.82) is 0 Å². The van der Waals surface area contributed by atoms with E-state index in [0.717, 1.165) is 33.6 Å². The van der Waals surface area contributed by atoms with E-state index in [4.69, 9.17) is 4.42 Å². The van der Waals surface area contributed by atoms with E-state index < -0.39 is 0 Å². The van der Waals surface area contributed by atoms with Gasteiger partial charge in [0.25, 0.3) is 0 Å². The van der Waals surface area contributed by atoms with Crippen LogP contribution in [0, 0.1) is 0 Å². The molecule has 0 aliphatic carbocycles. The second-order valence-electron chi connectivity index (χ2n) is 11.3. The molecule has 1 aromatic heterocycles. The molecule has 8 aromatic carbocycles. The molecule has 2 nitrogen and oxygen atoms in total. The second-order valence-corrected chi connectivity index (χ2v) is 11.3. The van der Waals surface area contributed by atoms with Gasteiger partial charge in [-0.05, 0) is 80.5 Å². The van der Waals surface area contributed by atoms with Crippen molar-refractivity contribution >= 4 is 71.3 Å². The highest BCUT2D eigenvalue weighted by Gasteiger charge is 2.18. The average molecular weight is 562 g/mol. The topological polar surface area (TPSA) is 16.4 Å². The predicted molar refractivity (Wildman–Crippen MR) is 186 cm³/mol. The van der Waals surface area contributed by atoms with E-state index >= 15 is 0 Å². The zero-order valence-electron chi connectivity index (χ0n) is 23.9. The lowest BCUT2D eigenvalue weighted by atomic mass is 9.97. The zero-order chi connectivity index (χ0) is 29.0. The molecule has 206 valence electrons. The van der Waals surface area contributed by atoms with Crippen molar-refractivity contribution < 1.29 is 4.42 Å². The first kappa shape index (κ1) is 24.7. The predicted octanol–water partition coefficient (Wildman–Crippen LogP) is 12.2. The molecule has 0 aliphatic rings. The third-order valence-electron chi connectivity index (χ3n) is 8.84. The summed E-state index contributed by atoms with van der Waals surface area (Å²) < 4.78 is 6.22. The minimum Gasteiger partial charge on any atom is -0.456 e. The molecule has 0 atom stereocenters. The fourth-order valence-electron chi connectivity index (χ4n) is 6.75. The molecule has 44 heavy (non-hydrogen) atoms. The first-order valence-electron chi connectivity index (χ1n) is 15.0. The number of rotatable bonds is 4. The lowest BCUT2D eigenvalue weighted by Gasteiger charge is -2.27. The molecule has 9 rings (SSSR count). The summed E-state index contributed by atoms with van der Waals surface area (Å²) in [5.41, 5.74) is 7.64. The molecular weight excluding hydrogens is 534 g/mol. The van der Waals surface area contributed by atoms with Crippen LogP contribution >= 0.6 is 0 Å².